The minimum absolute atomic E-state index is 0.0774. The van der Waals surface area contributed by atoms with Crippen molar-refractivity contribution in [3.05, 3.63) is 29.8 Å². The van der Waals surface area contributed by atoms with Gasteiger partial charge in [0.25, 0.3) is 5.91 Å². The maximum atomic E-state index is 12.4. The van der Waals surface area contributed by atoms with Gasteiger partial charge in [0, 0.05) is 23.5 Å². The minimum Gasteiger partial charge on any atom is -0.497 e. The lowest BCUT2D eigenvalue weighted by Crippen LogP contribution is -2.37. The van der Waals surface area contributed by atoms with Crippen molar-refractivity contribution >= 4 is 21.8 Å². The number of hydrogen-bond donors (Lipinski definition) is 0. The van der Waals surface area contributed by atoms with Crippen LogP contribution < -0.4 is 4.74 Å². The number of nitrogens with zero attached hydrogens (tertiary/aromatic N) is 1. The topological polar surface area (TPSA) is 29.5 Å². The second-order valence-corrected chi connectivity index (χ2v) is 5.16. The van der Waals surface area contributed by atoms with Crippen LogP contribution in [0.25, 0.3) is 0 Å². The molecule has 0 aliphatic carbocycles. The Hall–Kier alpha value is -1.03. The quantitative estimate of drug-likeness (QED) is 0.754. The summed E-state index contributed by atoms with van der Waals surface area (Å²) < 4.78 is 5.09. The van der Waals surface area contributed by atoms with Gasteiger partial charge in [0.2, 0.25) is 0 Å². The van der Waals surface area contributed by atoms with Crippen molar-refractivity contribution in [3.8, 4) is 5.75 Å². The maximum absolute atomic E-state index is 12.4. The van der Waals surface area contributed by atoms with Gasteiger partial charge < -0.3 is 9.64 Å². The van der Waals surface area contributed by atoms with Crippen LogP contribution in [0.1, 0.15) is 30.6 Å². The highest BCUT2D eigenvalue weighted by molar-refractivity contribution is 9.09. The molecule has 1 aromatic rings. The fraction of sp³-hybridized carbons (Fsp3) is 0.500. The molecule has 3 nitrogen and oxygen atoms in total. The first kappa shape index (κ1) is 15.0. The highest BCUT2D eigenvalue weighted by Crippen LogP contribution is 2.14. The van der Waals surface area contributed by atoms with E-state index in [4.69, 9.17) is 4.74 Å². The molecule has 0 fully saturated rings. The lowest BCUT2D eigenvalue weighted by Gasteiger charge is -2.26. The number of hydrogen-bond acceptors (Lipinski definition) is 2. The van der Waals surface area contributed by atoms with Crippen molar-refractivity contribution in [2.45, 2.75) is 26.3 Å². The molecule has 0 atom stereocenters. The molecular weight excluding hydrogens is 294 g/mol. The summed E-state index contributed by atoms with van der Waals surface area (Å²) in [4.78, 5) is 14.3. The van der Waals surface area contributed by atoms with Gasteiger partial charge in [-0.3, -0.25) is 4.79 Å². The number of benzene rings is 1. The van der Waals surface area contributed by atoms with Gasteiger partial charge in [0.05, 0.1) is 7.11 Å². The molecule has 4 heteroatoms. The summed E-state index contributed by atoms with van der Waals surface area (Å²) in [7, 11) is 1.62. The molecule has 1 amide bonds. The van der Waals surface area contributed by atoms with Crippen molar-refractivity contribution in [1.29, 1.82) is 0 Å². The van der Waals surface area contributed by atoms with E-state index in [1.54, 1.807) is 7.11 Å². The monoisotopic (exact) mass is 313 g/mol. The summed E-state index contributed by atoms with van der Waals surface area (Å²) in [6, 6.07) is 7.46. The van der Waals surface area contributed by atoms with E-state index in [2.05, 4.69) is 15.9 Å². The summed E-state index contributed by atoms with van der Waals surface area (Å²) in [5.74, 6) is 0.844. The van der Waals surface area contributed by atoms with Crippen LogP contribution in [0.15, 0.2) is 24.3 Å². The molecule has 0 aliphatic heterocycles. The zero-order chi connectivity index (χ0) is 13.5. The Bertz CT molecular complexity index is 376. The van der Waals surface area contributed by atoms with Crippen molar-refractivity contribution in [1.82, 2.24) is 4.90 Å². The Balaban J connectivity index is 2.80. The predicted molar refractivity (Wildman–Crippen MR) is 77.6 cm³/mol. The number of rotatable bonds is 6. The third-order valence-corrected chi connectivity index (χ3v) is 3.31. The van der Waals surface area contributed by atoms with Gasteiger partial charge in [-0.25, -0.2) is 0 Å². The minimum atomic E-state index is 0.0774. The van der Waals surface area contributed by atoms with E-state index < -0.39 is 0 Å². The summed E-state index contributed by atoms with van der Waals surface area (Å²) in [6.45, 7) is 4.85. The molecule has 0 N–H and O–H groups in total. The Kier molecular flexibility index (Phi) is 6.19. The first-order valence-electron chi connectivity index (χ1n) is 6.11. The fourth-order valence-corrected chi connectivity index (χ4v) is 1.97. The Morgan fingerprint density at radius 3 is 2.39 bits per heavy atom. The highest BCUT2D eigenvalue weighted by Gasteiger charge is 2.17. The van der Waals surface area contributed by atoms with Gasteiger partial charge in [-0.1, -0.05) is 15.9 Å². The lowest BCUT2D eigenvalue weighted by molar-refractivity contribution is 0.0706. The summed E-state index contributed by atoms with van der Waals surface area (Å²) in [6.07, 6.45) is 0.958. The molecule has 0 saturated heterocycles. The van der Waals surface area contributed by atoms with E-state index in [0.717, 1.165) is 24.0 Å². The number of amides is 1. The summed E-state index contributed by atoms with van der Waals surface area (Å²) >= 11 is 3.40. The van der Waals surface area contributed by atoms with E-state index in [0.29, 0.717) is 5.56 Å². The third-order valence-electron chi connectivity index (χ3n) is 2.75. The van der Waals surface area contributed by atoms with Gasteiger partial charge in [0.15, 0.2) is 0 Å². The molecule has 0 saturated carbocycles. The molecule has 0 radical (unpaired) electrons. The molecule has 0 aromatic heterocycles. The standard InChI is InChI=1S/C14H20BrNO2/c1-11(2)16(10-4-9-15)14(17)12-5-7-13(18-3)8-6-12/h5-8,11H,4,9-10H2,1-3H3. The third kappa shape index (κ3) is 4.02. The van der Waals surface area contributed by atoms with E-state index in [-0.39, 0.29) is 11.9 Å². The van der Waals surface area contributed by atoms with Crippen LogP contribution in [-0.2, 0) is 0 Å². The van der Waals surface area contributed by atoms with Gasteiger partial charge >= 0.3 is 0 Å². The molecule has 1 aromatic carbocycles. The van der Waals surface area contributed by atoms with Crippen LogP contribution in [0.4, 0.5) is 0 Å². The number of methoxy groups -OCH3 is 1. The molecule has 100 valence electrons. The SMILES string of the molecule is COc1ccc(C(=O)N(CCCBr)C(C)C)cc1. The number of alkyl halides is 1. The van der Waals surface area contributed by atoms with Crippen LogP contribution in [0.2, 0.25) is 0 Å². The first-order chi connectivity index (χ1) is 8.60. The molecule has 0 spiro atoms. The second-order valence-electron chi connectivity index (χ2n) is 4.36. The van der Waals surface area contributed by atoms with Crippen LogP contribution in [0.3, 0.4) is 0 Å². The zero-order valence-electron chi connectivity index (χ0n) is 11.1. The van der Waals surface area contributed by atoms with E-state index in [9.17, 15) is 4.79 Å². The van der Waals surface area contributed by atoms with E-state index >= 15 is 0 Å². The van der Waals surface area contributed by atoms with Crippen molar-refractivity contribution in [3.63, 3.8) is 0 Å². The molecular formula is C14H20BrNO2. The van der Waals surface area contributed by atoms with Crippen molar-refractivity contribution < 1.29 is 9.53 Å². The van der Waals surface area contributed by atoms with Gasteiger partial charge in [0.1, 0.15) is 5.75 Å². The normalized spacial score (nSPS) is 10.5. The summed E-state index contributed by atoms with van der Waals surface area (Å²) in [5.41, 5.74) is 0.707. The lowest BCUT2D eigenvalue weighted by atomic mass is 10.1. The zero-order valence-corrected chi connectivity index (χ0v) is 12.7. The number of carbonyl (C=O) groups excluding carboxylic acids is 1. The van der Waals surface area contributed by atoms with Crippen LogP contribution >= 0.6 is 15.9 Å². The molecule has 1 rings (SSSR count). The largest absolute Gasteiger partial charge is 0.497 e. The average Bonchev–Trinajstić information content (AvgIpc) is 2.38. The molecule has 0 aliphatic rings. The van der Waals surface area contributed by atoms with Gasteiger partial charge in [-0.05, 0) is 44.5 Å². The predicted octanol–water partition coefficient (Wildman–Crippen LogP) is 3.33. The molecule has 18 heavy (non-hydrogen) atoms. The van der Waals surface area contributed by atoms with Gasteiger partial charge in [-0.2, -0.15) is 0 Å². The fourth-order valence-electron chi connectivity index (χ4n) is 1.72. The van der Waals surface area contributed by atoms with Crippen molar-refractivity contribution in [2.24, 2.45) is 0 Å². The van der Waals surface area contributed by atoms with Crippen LogP contribution in [0.5, 0.6) is 5.75 Å². The highest BCUT2D eigenvalue weighted by atomic mass is 79.9. The molecule has 0 heterocycles. The Morgan fingerprint density at radius 2 is 1.94 bits per heavy atom. The Morgan fingerprint density at radius 1 is 1.33 bits per heavy atom. The summed E-state index contributed by atoms with van der Waals surface area (Å²) in [5, 5.41) is 0.909. The first-order valence-corrected chi connectivity index (χ1v) is 7.23. The van der Waals surface area contributed by atoms with E-state index in [1.165, 1.54) is 0 Å². The second kappa shape index (κ2) is 7.41. The van der Waals surface area contributed by atoms with Gasteiger partial charge in [-0.15, -0.1) is 0 Å². The van der Waals surface area contributed by atoms with Crippen LogP contribution in [0, 0.1) is 0 Å². The molecule has 0 unspecified atom stereocenters. The smallest absolute Gasteiger partial charge is 0.254 e. The Labute approximate surface area is 117 Å². The number of carbonyl (C=O) groups is 1. The average molecular weight is 314 g/mol. The van der Waals surface area contributed by atoms with E-state index in [1.807, 2.05) is 43.0 Å². The molecule has 0 bridgehead atoms. The van der Waals surface area contributed by atoms with Crippen molar-refractivity contribution in [2.75, 3.05) is 19.0 Å². The van der Waals surface area contributed by atoms with Crippen LogP contribution in [-0.4, -0.2) is 35.8 Å². The maximum Gasteiger partial charge on any atom is 0.254 e. The number of halogens is 1. The number of ether oxygens (including phenoxy) is 1.